The second-order valence-electron chi connectivity index (χ2n) is 8.60. The Hall–Kier alpha value is -2.18. The number of carbonyl (C=O) groups excluding carboxylic acids is 2. The number of nitrogens with zero attached hydrogens (tertiary/aromatic N) is 1. The van der Waals surface area contributed by atoms with Crippen LogP contribution in [0.1, 0.15) is 18.4 Å². The molecule has 4 fully saturated rings. The minimum absolute atomic E-state index is 0.0116. The number of hydrogen-bond donors (Lipinski definition) is 1. The number of anilines is 1. The van der Waals surface area contributed by atoms with E-state index in [0.717, 1.165) is 30.8 Å². The molecule has 6 rings (SSSR count). The topological polar surface area (TPSA) is 71.2 Å². The number of fused-ring (bicyclic) bond motifs is 3. The molecule has 1 amide bonds. The molecule has 6 atom stereocenters. The molecular weight excluding hydrogens is 344 g/mol. The largest absolute Gasteiger partial charge is 0.468 e. The number of epoxide rings is 1. The third-order valence-electron chi connectivity index (χ3n) is 7.95. The molecule has 4 heterocycles. The van der Waals surface area contributed by atoms with Gasteiger partial charge in [0.2, 0.25) is 5.91 Å². The van der Waals surface area contributed by atoms with Crippen LogP contribution >= 0.6 is 0 Å². The van der Waals surface area contributed by atoms with Gasteiger partial charge in [-0.15, -0.1) is 6.58 Å². The monoisotopic (exact) mass is 366 g/mol. The van der Waals surface area contributed by atoms with Crippen LogP contribution in [0.5, 0.6) is 0 Å². The summed E-state index contributed by atoms with van der Waals surface area (Å²) in [4.78, 5) is 29.3. The van der Waals surface area contributed by atoms with Gasteiger partial charge in [-0.3, -0.25) is 14.5 Å². The van der Waals surface area contributed by atoms with Gasteiger partial charge >= 0.3 is 5.97 Å². The molecule has 3 saturated heterocycles. The van der Waals surface area contributed by atoms with Crippen LogP contribution in [0.2, 0.25) is 0 Å². The molecule has 6 nitrogen and oxygen atoms in total. The van der Waals surface area contributed by atoms with Crippen LogP contribution in [-0.4, -0.2) is 55.2 Å². The maximum atomic E-state index is 13.6. The van der Waals surface area contributed by atoms with Crippen molar-refractivity contribution in [1.29, 1.82) is 0 Å². The van der Waals surface area contributed by atoms with Crippen molar-refractivity contribution in [3.8, 4) is 0 Å². The van der Waals surface area contributed by atoms with Crippen molar-refractivity contribution in [3.63, 3.8) is 0 Å². The molecule has 140 valence electrons. The van der Waals surface area contributed by atoms with E-state index in [0.29, 0.717) is 6.42 Å². The Kier molecular flexibility index (Phi) is 2.71. The first kappa shape index (κ1) is 15.8. The molecule has 27 heavy (non-hydrogen) atoms. The SMILES string of the molecule is C=C[C@@]12C[C@]3(C(=O)OC)C(=O)Nc4ccccc4[C@@]34CCN(CC3OC31)[C@@H]24. The number of amides is 1. The molecule has 6 heteroatoms. The second-order valence-corrected chi connectivity index (χ2v) is 8.60. The summed E-state index contributed by atoms with van der Waals surface area (Å²) in [5.41, 5.74) is -0.454. The van der Waals surface area contributed by atoms with E-state index in [1.807, 2.05) is 24.3 Å². The fraction of sp³-hybridized carbons (Fsp3) is 0.524. The van der Waals surface area contributed by atoms with Gasteiger partial charge in [0, 0.05) is 29.1 Å². The van der Waals surface area contributed by atoms with Crippen LogP contribution < -0.4 is 5.32 Å². The summed E-state index contributed by atoms with van der Waals surface area (Å²) in [7, 11) is 1.38. The highest BCUT2D eigenvalue weighted by atomic mass is 16.6. The van der Waals surface area contributed by atoms with Gasteiger partial charge in [0.25, 0.3) is 0 Å². The summed E-state index contributed by atoms with van der Waals surface area (Å²) in [5.74, 6) is -0.688. The van der Waals surface area contributed by atoms with Gasteiger partial charge in [0.05, 0.1) is 19.3 Å². The molecule has 2 unspecified atom stereocenters. The third kappa shape index (κ3) is 1.44. The number of para-hydroxylation sites is 1. The molecule has 1 aromatic rings. The van der Waals surface area contributed by atoms with Gasteiger partial charge in [-0.1, -0.05) is 24.3 Å². The van der Waals surface area contributed by atoms with Crippen molar-refractivity contribution in [1.82, 2.24) is 4.90 Å². The maximum absolute atomic E-state index is 13.6. The third-order valence-corrected chi connectivity index (χ3v) is 7.95. The Bertz CT molecular complexity index is 915. The number of esters is 1. The Balaban J connectivity index is 1.71. The summed E-state index contributed by atoms with van der Waals surface area (Å²) >= 11 is 0. The van der Waals surface area contributed by atoms with E-state index >= 15 is 0 Å². The number of piperidine rings is 1. The number of rotatable bonds is 2. The van der Waals surface area contributed by atoms with Crippen molar-refractivity contribution >= 4 is 17.6 Å². The van der Waals surface area contributed by atoms with Crippen molar-refractivity contribution in [2.24, 2.45) is 10.8 Å². The zero-order valence-electron chi connectivity index (χ0n) is 15.2. The van der Waals surface area contributed by atoms with Crippen LogP contribution in [0.4, 0.5) is 5.69 Å². The van der Waals surface area contributed by atoms with Gasteiger partial charge in [0.15, 0.2) is 5.41 Å². The van der Waals surface area contributed by atoms with Crippen LogP contribution in [0, 0.1) is 10.8 Å². The van der Waals surface area contributed by atoms with Gasteiger partial charge in [0.1, 0.15) is 0 Å². The van der Waals surface area contributed by atoms with Crippen LogP contribution in [0.15, 0.2) is 36.9 Å². The normalized spacial score (nSPS) is 45.8. The lowest BCUT2D eigenvalue weighted by Gasteiger charge is -2.48. The number of hydrogen-bond acceptors (Lipinski definition) is 5. The van der Waals surface area contributed by atoms with Gasteiger partial charge < -0.3 is 14.8 Å². The Morgan fingerprint density at radius 3 is 3.04 bits per heavy atom. The lowest BCUT2D eigenvalue weighted by atomic mass is 9.57. The van der Waals surface area contributed by atoms with Crippen molar-refractivity contribution in [2.45, 2.75) is 36.5 Å². The van der Waals surface area contributed by atoms with E-state index in [-0.39, 0.29) is 24.2 Å². The molecule has 1 aromatic carbocycles. The molecule has 1 saturated carbocycles. The molecule has 5 aliphatic rings. The molecular formula is C21H22N2O4. The molecule has 1 aliphatic carbocycles. The van der Waals surface area contributed by atoms with Gasteiger partial charge in [-0.2, -0.15) is 0 Å². The number of ether oxygens (including phenoxy) is 2. The van der Waals surface area contributed by atoms with Gasteiger partial charge in [-0.25, -0.2) is 0 Å². The number of benzene rings is 1. The number of carbonyl (C=O) groups is 2. The smallest absolute Gasteiger partial charge is 0.322 e. The van der Waals surface area contributed by atoms with E-state index in [4.69, 9.17) is 9.47 Å². The molecule has 1 spiro atoms. The Morgan fingerprint density at radius 1 is 1.44 bits per heavy atom. The number of nitrogens with one attached hydrogen (secondary N) is 1. The summed E-state index contributed by atoms with van der Waals surface area (Å²) in [6, 6.07) is 7.92. The zero-order chi connectivity index (χ0) is 18.6. The minimum Gasteiger partial charge on any atom is -0.468 e. The van der Waals surface area contributed by atoms with E-state index < -0.39 is 22.2 Å². The molecule has 0 radical (unpaired) electrons. The van der Waals surface area contributed by atoms with Gasteiger partial charge in [-0.05, 0) is 31.0 Å². The zero-order valence-corrected chi connectivity index (χ0v) is 15.2. The Morgan fingerprint density at radius 2 is 2.26 bits per heavy atom. The van der Waals surface area contributed by atoms with Crippen LogP contribution in [0.3, 0.4) is 0 Å². The van der Waals surface area contributed by atoms with Crippen LogP contribution in [-0.2, 0) is 24.5 Å². The average molecular weight is 366 g/mol. The predicted molar refractivity (Wildman–Crippen MR) is 97.1 cm³/mol. The fourth-order valence-corrected chi connectivity index (χ4v) is 7.12. The summed E-state index contributed by atoms with van der Waals surface area (Å²) in [6.45, 7) is 5.85. The highest BCUT2D eigenvalue weighted by molar-refractivity contribution is 6.14. The average Bonchev–Trinajstić information content (AvgIpc) is 3.29. The van der Waals surface area contributed by atoms with E-state index in [1.165, 1.54) is 7.11 Å². The van der Waals surface area contributed by atoms with Crippen molar-refractivity contribution in [2.75, 3.05) is 25.5 Å². The highest BCUT2D eigenvalue weighted by Crippen LogP contribution is 2.74. The van der Waals surface area contributed by atoms with Crippen LogP contribution in [0.25, 0.3) is 0 Å². The lowest BCUT2D eigenvalue weighted by molar-refractivity contribution is -0.162. The summed E-state index contributed by atoms with van der Waals surface area (Å²) in [6.07, 6.45) is 3.30. The maximum Gasteiger partial charge on any atom is 0.322 e. The first-order chi connectivity index (χ1) is 13.0. The lowest BCUT2D eigenvalue weighted by Crippen LogP contribution is -2.62. The molecule has 4 aliphatic heterocycles. The molecule has 1 N–H and O–H groups in total. The summed E-state index contributed by atoms with van der Waals surface area (Å²) < 4.78 is 11.3. The second kappa shape index (κ2) is 4.62. The standard InChI is InChI=1S/C21H22N2O4/c1-3-19-11-21(18(25)26-2)17(24)22-13-7-5-4-6-12(13)20(21)8-9-23(16(19)20)10-14-15(19)27-14/h3-7,14-16H,1,8-11H2,2H3,(H,22,24)/t14?,15?,16-,19+,20+,21+/m0/s1. The molecule has 0 bridgehead atoms. The first-order valence-corrected chi connectivity index (χ1v) is 9.58. The summed E-state index contributed by atoms with van der Waals surface area (Å²) in [5, 5.41) is 3.01. The minimum atomic E-state index is -1.26. The fourth-order valence-electron chi connectivity index (χ4n) is 7.12. The van der Waals surface area contributed by atoms with E-state index in [1.54, 1.807) is 0 Å². The van der Waals surface area contributed by atoms with Crippen molar-refractivity contribution < 1.29 is 19.1 Å². The Labute approximate surface area is 157 Å². The number of methoxy groups -OCH3 is 1. The van der Waals surface area contributed by atoms with Crippen molar-refractivity contribution in [3.05, 3.63) is 42.5 Å². The predicted octanol–water partition coefficient (Wildman–Crippen LogP) is 1.47. The van der Waals surface area contributed by atoms with E-state index in [9.17, 15) is 9.59 Å². The molecule has 0 aromatic heterocycles. The van der Waals surface area contributed by atoms with E-state index in [2.05, 4.69) is 22.9 Å². The first-order valence-electron chi connectivity index (χ1n) is 9.58. The quantitative estimate of drug-likeness (QED) is 0.371. The highest BCUT2D eigenvalue weighted by Gasteiger charge is 2.84.